The molecule has 2 aliphatic carbocycles. The fourth-order valence-electron chi connectivity index (χ4n) is 7.50. The Morgan fingerprint density at radius 3 is 2.38 bits per heavy atom. The summed E-state index contributed by atoms with van der Waals surface area (Å²) in [7, 11) is -4.52. The number of alkyl carbamates (subject to hydrolysis) is 1. The SMILES string of the molecule is C[C@H]1CC/C=C\[C@@H]2C[C@@]2(C(=O)NS(=O)(=O)C2(CF)CC2)NC(=O)[C@@H]2C[C@H](c3c(F)cccc3C(=O)O)CN2C(=O)[C@@H](NC(=O)OC(C)(C)C(F)(F)F)[C@H](C)C1. The fourth-order valence-corrected chi connectivity index (χ4v) is 8.92. The molecule has 304 valence electrons. The average molecular weight is 805 g/mol. The summed E-state index contributed by atoms with van der Waals surface area (Å²) in [6, 6.07) is 0.122. The molecule has 0 unspecified atom stereocenters. The molecular weight excluding hydrogens is 759 g/mol. The van der Waals surface area contributed by atoms with Crippen LogP contribution < -0.4 is 15.4 Å². The molecule has 0 spiro atoms. The maximum Gasteiger partial charge on any atom is 0.427 e. The van der Waals surface area contributed by atoms with Crippen LogP contribution in [0.3, 0.4) is 0 Å². The van der Waals surface area contributed by atoms with Gasteiger partial charge in [-0.2, -0.15) is 13.2 Å². The van der Waals surface area contributed by atoms with E-state index in [9.17, 15) is 55.1 Å². The Bertz CT molecular complexity index is 1870. The number of carbonyl (C=O) groups excluding carboxylic acids is 4. The number of nitrogens with one attached hydrogen (secondary N) is 3. The lowest BCUT2D eigenvalue weighted by molar-refractivity contribution is -0.244. The highest BCUT2D eigenvalue weighted by Crippen LogP contribution is 2.48. The molecule has 13 nitrogen and oxygen atoms in total. The Balaban J connectivity index is 1.55. The van der Waals surface area contributed by atoms with Crippen molar-refractivity contribution in [3.8, 4) is 0 Å². The summed E-state index contributed by atoms with van der Waals surface area (Å²) in [5.41, 5.74) is -5.62. The normalized spacial score (nSPS) is 30.4. The van der Waals surface area contributed by atoms with Crippen LogP contribution in [0.5, 0.6) is 0 Å². The van der Waals surface area contributed by atoms with E-state index in [4.69, 9.17) is 4.74 Å². The largest absolute Gasteiger partial charge is 0.478 e. The van der Waals surface area contributed by atoms with Crippen LogP contribution >= 0.6 is 0 Å². The molecule has 19 heteroatoms. The summed E-state index contributed by atoms with van der Waals surface area (Å²) >= 11 is 0. The minimum Gasteiger partial charge on any atom is -0.478 e. The number of halogens is 5. The van der Waals surface area contributed by atoms with E-state index in [-0.39, 0.29) is 37.2 Å². The second-order valence-electron chi connectivity index (χ2n) is 15.8. The lowest BCUT2D eigenvalue weighted by atomic mass is 9.88. The number of carboxylic acids is 1. The first-order chi connectivity index (χ1) is 25.5. The Labute approximate surface area is 314 Å². The molecule has 1 aromatic carbocycles. The van der Waals surface area contributed by atoms with E-state index in [1.807, 2.05) is 11.6 Å². The number of hydrogen-bond donors (Lipinski definition) is 4. The Kier molecular flexibility index (Phi) is 11.4. The van der Waals surface area contributed by atoms with Gasteiger partial charge in [-0.05, 0) is 82.8 Å². The molecule has 4 aliphatic rings. The molecule has 0 aromatic heterocycles. The second kappa shape index (κ2) is 15.0. The maximum atomic E-state index is 15.4. The van der Waals surface area contributed by atoms with Crippen molar-refractivity contribution in [3.05, 3.63) is 47.3 Å². The van der Waals surface area contributed by atoms with Gasteiger partial charge in [0.05, 0.1) is 5.56 Å². The van der Waals surface area contributed by atoms with Crippen molar-refractivity contribution in [2.24, 2.45) is 17.8 Å². The summed E-state index contributed by atoms with van der Waals surface area (Å²) in [6.07, 6.45) is -2.48. The predicted octanol–water partition coefficient (Wildman–Crippen LogP) is 4.48. The van der Waals surface area contributed by atoms with Crippen molar-refractivity contribution in [3.63, 3.8) is 0 Å². The van der Waals surface area contributed by atoms with Gasteiger partial charge >= 0.3 is 18.2 Å². The third-order valence-electron chi connectivity index (χ3n) is 11.3. The molecule has 2 aliphatic heterocycles. The van der Waals surface area contributed by atoms with Gasteiger partial charge in [-0.1, -0.05) is 32.1 Å². The molecule has 0 radical (unpaired) electrons. The molecular formula is C36H45F5N4O9S. The summed E-state index contributed by atoms with van der Waals surface area (Å²) in [4.78, 5) is 68.8. The van der Waals surface area contributed by atoms with Crippen LogP contribution in [0.1, 0.15) is 94.5 Å². The fraction of sp³-hybridized carbons (Fsp3) is 0.639. The third kappa shape index (κ3) is 8.31. The van der Waals surface area contributed by atoms with Gasteiger partial charge in [0.2, 0.25) is 27.4 Å². The van der Waals surface area contributed by atoms with Crippen LogP contribution in [-0.2, 0) is 29.1 Å². The molecule has 55 heavy (non-hydrogen) atoms. The van der Waals surface area contributed by atoms with Gasteiger partial charge in [0.15, 0.2) is 0 Å². The van der Waals surface area contributed by atoms with E-state index in [0.29, 0.717) is 26.7 Å². The number of fused-ring (bicyclic) bond motifs is 2. The van der Waals surface area contributed by atoms with Crippen molar-refractivity contribution in [1.29, 1.82) is 0 Å². The number of hydrogen-bond acceptors (Lipinski definition) is 8. The topological polar surface area (TPSA) is 188 Å². The van der Waals surface area contributed by atoms with E-state index < -0.39 is 123 Å². The number of benzene rings is 1. The summed E-state index contributed by atoms with van der Waals surface area (Å²) in [5, 5.41) is 14.7. The van der Waals surface area contributed by atoms with Gasteiger partial charge < -0.3 is 25.4 Å². The van der Waals surface area contributed by atoms with Crippen LogP contribution in [0.4, 0.5) is 26.7 Å². The summed E-state index contributed by atoms with van der Waals surface area (Å²) in [6.45, 7) is 2.93. The molecule has 3 fully saturated rings. The number of alkyl halides is 4. The highest BCUT2D eigenvalue weighted by Gasteiger charge is 2.64. The number of aromatic carboxylic acids is 1. The van der Waals surface area contributed by atoms with Crippen LogP contribution in [0.25, 0.3) is 0 Å². The highest BCUT2D eigenvalue weighted by molar-refractivity contribution is 7.91. The number of rotatable bonds is 8. The van der Waals surface area contributed by atoms with Crippen LogP contribution in [-0.4, -0.2) is 95.6 Å². The predicted molar refractivity (Wildman–Crippen MR) is 185 cm³/mol. The van der Waals surface area contributed by atoms with E-state index in [2.05, 4.69) is 10.6 Å². The molecule has 5 rings (SSSR count). The van der Waals surface area contributed by atoms with E-state index in [0.717, 1.165) is 23.1 Å². The van der Waals surface area contributed by atoms with Gasteiger partial charge in [-0.25, -0.2) is 26.8 Å². The third-order valence-corrected chi connectivity index (χ3v) is 13.4. The van der Waals surface area contributed by atoms with Gasteiger partial charge in [0.1, 0.15) is 34.9 Å². The molecule has 4 amide bonds. The molecule has 2 saturated carbocycles. The molecule has 7 atom stereocenters. The number of ether oxygens (including phenoxy) is 1. The standard InChI is InChI=1S/C36H45F5N4O9S/c1-19-8-5-6-9-22-16-35(22,31(50)44-55(52,53)34(18-37)12-13-34)43-28(46)25-15-21(26-23(30(48)49)10-7-11-24(26)38)17-45(25)29(47)27(20(2)14-19)42-32(51)54-33(3,4)36(39,40)41/h6-7,9-11,19-22,25,27H,5,8,12-18H2,1-4H3,(H,42,51)(H,43,46)(H,44,50)(H,48,49)/b9-6-/t19-,20+,21-,22+,25-,27-,35+/m0/s1. The lowest BCUT2D eigenvalue weighted by Crippen LogP contribution is -2.60. The second-order valence-corrected chi connectivity index (χ2v) is 17.9. The Morgan fingerprint density at radius 2 is 1.78 bits per heavy atom. The van der Waals surface area contributed by atoms with Crippen molar-refractivity contribution in [1.82, 2.24) is 20.3 Å². The molecule has 0 bridgehead atoms. The smallest absolute Gasteiger partial charge is 0.427 e. The Morgan fingerprint density at radius 1 is 1.11 bits per heavy atom. The van der Waals surface area contributed by atoms with Crippen LogP contribution in [0.15, 0.2) is 30.4 Å². The van der Waals surface area contributed by atoms with Gasteiger partial charge in [0.25, 0.3) is 5.91 Å². The van der Waals surface area contributed by atoms with Crippen LogP contribution in [0, 0.1) is 23.6 Å². The molecule has 1 saturated heterocycles. The first kappa shape index (κ1) is 41.9. The minimum atomic E-state index is -4.98. The number of amides is 4. The van der Waals surface area contributed by atoms with E-state index >= 15 is 4.39 Å². The lowest BCUT2D eigenvalue weighted by Gasteiger charge is -2.34. The molecule has 2 heterocycles. The number of nitrogens with zero attached hydrogens (tertiary/aromatic N) is 1. The monoisotopic (exact) mass is 804 g/mol. The number of carbonyl (C=O) groups is 5. The van der Waals surface area contributed by atoms with Crippen molar-refractivity contribution in [2.75, 3.05) is 13.2 Å². The summed E-state index contributed by atoms with van der Waals surface area (Å²) in [5.74, 6) is -8.35. The zero-order valence-electron chi connectivity index (χ0n) is 30.7. The van der Waals surface area contributed by atoms with Gasteiger partial charge in [0, 0.05) is 23.9 Å². The molecule has 1 aromatic rings. The molecule has 4 N–H and O–H groups in total. The quantitative estimate of drug-likeness (QED) is 0.217. The summed E-state index contributed by atoms with van der Waals surface area (Å²) < 4.78 is 101. The van der Waals surface area contributed by atoms with Gasteiger partial charge in [-0.15, -0.1) is 0 Å². The maximum absolute atomic E-state index is 15.4. The van der Waals surface area contributed by atoms with E-state index in [1.54, 1.807) is 19.1 Å². The first-order valence-electron chi connectivity index (χ1n) is 18.0. The number of allylic oxidation sites excluding steroid dienone is 1. The van der Waals surface area contributed by atoms with Gasteiger partial charge in [-0.3, -0.25) is 19.1 Å². The zero-order chi connectivity index (χ0) is 40.9. The minimum absolute atomic E-state index is 0.0171. The van der Waals surface area contributed by atoms with E-state index in [1.165, 1.54) is 0 Å². The average Bonchev–Trinajstić information content (AvgIpc) is 3.98. The highest BCUT2D eigenvalue weighted by atomic mass is 32.2. The number of sulfonamides is 1. The van der Waals surface area contributed by atoms with Crippen molar-refractivity contribution in [2.45, 2.75) is 113 Å². The first-order valence-corrected chi connectivity index (χ1v) is 19.5. The zero-order valence-corrected chi connectivity index (χ0v) is 31.5. The van der Waals surface area contributed by atoms with Crippen molar-refractivity contribution < 1.29 is 64.2 Å². The number of carboxylic acid groups (broad SMARTS) is 1. The van der Waals surface area contributed by atoms with Crippen molar-refractivity contribution >= 4 is 39.8 Å². The Hall–Kier alpha value is -4.29. The van der Waals surface area contributed by atoms with Crippen LogP contribution in [0.2, 0.25) is 0 Å².